The number of carbonyl (C=O) groups excluding carboxylic acids is 2. The van der Waals surface area contributed by atoms with Gasteiger partial charge >= 0.3 is 11.9 Å². The number of aliphatic hydroxyl groups is 1. The standard InChI is InChI=1S/C39H74O5/c1-3-5-7-9-11-13-15-17-18-19-20-21-22-24-26-28-30-32-34-39(42)44-37(35-40)36-43-38(41)33-31-29-27-25-23-16-14-12-10-8-6-4-2/h12,14,37,40H,3-11,13,15-36H2,1-2H3/b14-12-/t37-/m0/s1. The molecule has 0 saturated heterocycles. The number of allylic oxidation sites excluding steroid dienone is 2. The van der Waals surface area contributed by atoms with Crippen molar-refractivity contribution >= 4 is 11.9 Å². The highest BCUT2D eigenvalue weighted by atomic mass is 16.6. The van der Waals surface area contributed by atoms with Gasteiger partial charge in [-0.3, -0.25) is 9.59 Å². The van der Waals surface area contributed by atoms with Gasteiger partial charge in [-0.1, -0.05) is 167 Å². The molecule has 0 unspecified atom stereocenters. The van der Waals surface area contributed by atoms with Crippen LogP contribution in [0.15, 0.2) is 12.2 Å². The Labute approximate surface area is 273 Å². The monoisotopic (exact) mass is 623 g/mol. The van der Waals surface area contributed by atoms with Crippen molar-refractivity contribution < 1.29 is 24.2 Å². The highest BCUT2D eigenvalue weighted by Gasteiger charge is 2.16. The SMILES string of the molecule is CCCCC/C=C\CCCCCCCC(=O)OC[C@H](CO)OC(=O)CCCCCCCCCCCCCCCCCCCC. The van der Waals surface area contributed by atoms with Crippen molar-refractivity contribution in [1.82, 2.24) is 0 Å². The first-order chi connectivity index (χ1) is 21.6. The number of unbranched alkanes of at least 4 members (excludes halogenated alkanes) is 25. The third kappa shape index (κ3) is 33.5. The fourth-order valence-corrected chi connectivity index (χ4v) is 5.61. The third-order valence-electron chi connectivity index (χ3n) is 8.56. The van der Waals surface area contributed by atoms with Gasteiger partial charge in [0, 0.05) is 12.8 Å². The summed E-state index contributed by atoms with van der Waals surface area (Å²) in [6.07, 6.45) is 39.8. The molecule has 0 amide bonds. The zero-order valence-corrected chi connectivity index (χ0v) is 29.4. The Hall–Kier alpha value is -1.36. The van der Waals surface area contributed by atoms with Crippen LogP contribution < -0.4 is 0 Å². The smallest absolute Gasteiger partial charge is 0.306 e. The number of hydrogen-bond acceptors (Lipinski definition) is 5. The van der Waals surface area contributed by atoms with Crippen LogP contribution in [0.3, 0.4) is 0 Å². The molecule has 0 aliphatic carbocycles. The van der Waals surface area contributed by atoms with E-state index in [0.29, 0.717) is 12.8 Å². The van der Waals surface area contributed by atoms with E-state index in [1.165, 1.54) is 135 Å². The minimum atomic E-state index is -0.767. The molecule has 0 aliphatic rings. The van der Waals surface area contributed by atoms with Gasteiger partial charge in [0.05, 0.1) is 6.61 Å². The van der Waals surface area contributed by atoms with Crippen LogP contribution in [-0.4, -0.2) is 36.4 Å². The summed E-state index contributed by atoms with van der Waals surface area (Å²) < 4.78 is 10.6. The highest BCUT2D eigenvalue weighted by Crippen LogP contribution is 2.15. The van der Waals surface area contributed by atoms with Crippen molar-refractivity contribution in [1.29, 1.82) is 0 Å². The lowest BCUT2D eigenvalue weighted by Gasteiger charge is -2.15. The van der Waals surface area contributed by atoms with Crippen LogP contribution in [0.25, 0.3) is 0 Å². The summed E-state index contributed by atoms with van der Waals surface area (Å²) in [7, 11) is 0. The Balaban J connectivity index is 3.51. The average molecular weight is 623 g/mol. The van der Waals surface area contributed by atoms with Crippen molar-refractivity contribution in [2.75, 3.05) is 13.2 Å². The molecule has 0 spiro atoms. The minimum absolute atomic E-state index is 0.0647. The number of hydrogen-bond donors (Lipinski definition) is 1. The van der Waals surface area contributed by atoms with Gasteiger partial charge < -0.3 is 14.6 Å². The molecule has 0 radical (unpaired) electrons. The molecule has 0 rings (SSSR count). The molecule has 0 heterocycles. The lowest BCUT2D eigenvalue weighted by molar-refractivity contribution is -0.161. The highest BCUT2D eigenvalue weighted by molar-refractivity contribution is 5.70. The van der Waals surface area contributed by atoms with Crippen molar-refractivity contribution in [3.8, 4) is 0 Å². The molecular formula is C39H74O5. The predicted octanol–water partition coefficient (Wildman–Crippen LogP) is 11.7. The number of carbonyl (C=O) groups is 2. The van der Waals surface area contributed by atoms with E-state index in [4.69, 9.17) is 9.47 Å². The summed E-state index contributed by atoms with van der Waals surface area (Å²) in [5.41, 5.74) is 0. The summed E-state index contributed by atoms with van der Waals surface area (Å²) in [6.45, 7) is 4.12. The van der Waals surface area contributed by atoms with Gasteiger partial charge in [-0.15, -0.1) is 0 Å². The molecule has 44 heavy (non-hydrogen) atoms. The first-order valence-corrected chi connectivity index (χ1v) is 19.2. The maximum Gasteiger partial charge on any atom is 0.306 e. The van der Waals surface area contributed by atoms with Gasteiger partial charge in [-0.05, 0) is 38.5 Å². The number of esters is 2. The number of aliphatic hydroxyl groups excluding tert-OH is 1. The van der Waals surface area contributed by atoms with Gasteiger partial charge in [-0.2, -0.15) is 0 Å². The normalized spacial score (nSPS) is 12.2. The summed E-state index contributed by atoms with van der Waals surface area (Å²) in [6, 6.07) is 0. The van der Waals surface area contributed by atoms with Crippen LogP contribution in [0.5, 0.6) is 0 Å². The van der Waals surface area contributed by atoms with Crippen molar-refractivity contribution in [2.24, 2.45) is 0 Å². The van der Waals surface area contributed by atoms with Crippen LogP contribution in [-0.2, 0) is 19.1 Å². The number of rotatable bonds is 35. The van der Waals surface area contributed by atoms with Crippen LogP contribution in [0.1, 0.15) is 206 Å². The third-order valence-corrected chi connectivity index (χ3v) is 8.56. The summed E-state index contributed by atoms with van der Waals surface area (Å²) in [4.78, 5) is 24.2. The fraction of sp³-hybridized carbons (Fsp3) is 0.897. The maximum absolute atomic E-state index is 12.1. The second kappa shape index (κ2) is 36.1. The molecule has 5 heteroatoms. The predicted molar refractivity (Wildman–Crippen MR) is 187 cm³/mol. The largest absolute Gasteiger partial charge is 0.462 e. The quantitative estimate of drug-likeness (QED) is 0.0432. The van der Waals surface area contributed by atoms with Gasteiger partial charge in [0.25, 0.3) is 0 Å². The Bertz CT molecular complexity index is 632. The Kier molecular flexibility index (Phi) is 35.0. The topological polar surface area (TPSA) is 72.8 Å². The van der Waals surface area contributed by atoms with Gasteiger partial charge in [0.2, 0.25) is 0 Å². The zero-order valence-electron chi connectivity index (χ0n) is 29.4. The van der Waals surface area contributed by atoms with Crippen molar-refractivity contribution in [3.63, 3.8) is 0 Å². The molecule has 0 fully saturated rings. The fourth-order valence-electron chi connectivity index (χ4n) is 5.61. The van der Waals surface area contributed by atoms with Gasteiger partial charge in [0.15, 0.2) is 6.10 Å². The second-order valence-electron chi connectivity index (χ2n) is 13.0. The van der Waals surface area contributed by atoms with Crippen LogP contribution in [0.4, 0.5) is 0 Å². The van der Waals surface area contributed by atoms with E-state index in [0.717, 1.165) is 44.9 Å². The first-order valence-electron chi connectivity index (χ1n) is 19.2. The lowest BCUT2D eigenvalue weighted by atomic mass is 10.0. The van der Waals surface area contributed by atoms with E-state index in [1.807, 2.05) is 0 Å². The molecule has 0 aliphatic heterocycles. The average Bonchev–Trinajstić information content (AvgIpc) is 3.02. The first kappa shape index (κ1) is 42.6. The lowest BCUT2D eigenvalue weighted by Crippen LogP contribution is -2.28. The molecule has 5 nitrogen and oxygen atoms in total. The van der Waals surface area contributed by atoms with Crippen molar-refractivity contribution in [3.05, 3.63) is 12.2 Å². The molecule has 260 valence electrons. The van der Waals surface area contributed by atoms with Crippen LogP contribution in [0.2, 0.25) is 0 Å². The van der Waals surface area contributed by atoms with Crippen molar-refractivity contribution in [2.45, 2.75) is 213 Å². The summed E-state index contributed by atoms with van der Waals surface area (Å²) in [5, 5.41) is 9.53. The minimum Gasteiger partial charge on any atom is -0.462 e. The Morgan fingerprint density at radius 2 is 0.841 bits per heavy atom. The van der Waals surface area contributed by atoms with E-state index >= 15 is 0 Å². The van der Waals surface area contributed by atoms with E-state index in [2.05, 4.69) is 26.0 Å². The van der Waals surface area contributed by atoms with Crippen LogP contribution >= 0.6 is 0 Å². The maximum atomic E-state index is 12.1. The van der Waals surface area contributed by atoms with E-state index in [-0.39, 0.29) is 25.2 Å². The molecular weight excluding hydrogens is 548 g/mol. The second-order valence-corrected chi connectivity index (χ2v) is 13.0. The van der Waals surface area contributed by atoms with Gasteiger partial charge in [0.1, 0.15) is 6.61 Å². The Morgan fingerprint density at radius 3 is 1.27 bits per heavy atom. The molecule has 0 aromatic heterocycles. The summed E-state index contributed by atoms with van der Waals surface area (Å²) in [5.74, 6) is -0.592. The molecule has 1 N–H and O–H groups in total. The summed E-state index contributed by atoms with van der Waals surface area (Å²) >= 11 is 0. The molecule has 0 bridgehead atoms. The molecule has 0 aromatic rings. The molecule has 0 aromatic carbocycles. The van der Waals surface area contributed by atoms with Crippen LogP contribution in [0, 0.1) is 0 Å². The van der Waals surface area contributed by atoms with E-state index in [1.54, 1.807) is 0 Å². The zero-order chi connectivity index (χ0) is 32.2. The Morgan fingerprint density at radius 1 is 0.500 bits per heavy atom. The number of ether oxygens (including phenoxy) is 2. The molecule has 0 saturated carbocycles. The van der Waals surface area contributed by atoms with E-state index in [9.17, 15) is 14.7 Å². The van der Waals surface area contributed by atoms with E-state index < -0.39 is 6.10 Å². The van der Waals surface area contributed by atoms with Gasteiger partial charge in [-0.25, -0.2) is 0 Å². The molecule has 1 atom stereocenters.